The van der Waals surface area contributed by atoms with E-state index < -0.39 is 0 Å². The first-order chi connectivity index (χ1) is 11.2. The molecule has 3 rings (SSSR count). The number of para-hydroxylation sites is 1. The predicted octanol–water partition coefficient (Wildman–Crippen LogP) is 2.97. The first-order valence-electron chi connectivity index (χ1n) is 7.92. The molecule has 0 N–H and O–H groups in total. The fourth-order valence-corrected chi connectivity index (χ4v) is 3.65. The van der Waals surface area contributed by atoms with Crippen molar-refractivity contribution in [2.75, 3.05) is 44.3 Å². The van der Waals surface area contributed by atoms with E-state index in [0.717, 1.165) is 34.2 Å². The normalized spacial score (nSPS) is 15.0. The fraction of sp³-hybridized carbons (Fsp3) is 0.500. The summed E-state index contributed by atoms with van der Waals surface area (Å²) in [5.41, 5.74) is 0.919. The van der Waals surface area contributed by atoms with Crippen LogP contribution in [0.3, 0.4) is 0 Å². The molecule has 1 aromatic carbocycles. The van der Waals surface area contributed by atoms with E-state index in [4.69, 9.17) is 14.5 Å². The van der Waals surface area contributed by atoms with Gasteiger partial charge < -0.3 is 19.3 Å². The Morgan fingerprint density at radius 2 is 2.00 bits per heavy atom. The minimum absolute atomic E-state index is 0.227. The van der Waals surface area contributed by atoms with Crippen LogP contribution in [0.15, 0.2) is 18.2 Å². The largest absolute Gasteiger partial charge is 0.492 e. The van der Waals surface area contributed by atoms with E-state index in [0.29, 0.717) is 26.3 Å². The second kappa shape index (κ2) is 7.04. The Kier molecular flexibility index (Phi) is 4.85. The quantitative estimate of drug-likeness (QED) is 0.860. The van der Waals surface area contributed by atoms with Gasteiger partial charge in [-0.15, -0.1) is 0 Å². The Hall–Kier alpha value is -2.02. The molecule has 1 saturated heterocycles. The summed E-state index contributed by atoms with van der Waals surface area (Å²) in [6, 6.07) is 6.01. The average Bonchev–Trinajstić information content (AvgIpc) is 3.01. The van der Waals surface area contributed by atoms with Crippen molar-refractivity contribution in [3.8, 4) is 5.75 Å². The lowest BCUT2D eigenvalue weighted by molar-refractivity contribution is 0.105. The molecule has 2 heterocycles. The molecule has 1 aliphatic rings. The monoisotopic (exact) mass is 335 g/mol. The average molecular weight is 335 g/mol. The van der Waals surface area contributed by atoms with Gasteiger partial charge >= 0.3 is 6.09 Å². The van der Waals surface area contributed by atoms with Crippen LogP contribution >= 0.6 is 11.3 Å². The first-order valence-corrected chi connectivity index (χ1v) is 8.73. The van der Waals surface area contributed by atoms with Crippen LogP contribution < -0.4 is 9.64 Å². The smallest absolute Gasteiger partial charge is 0.409 e. The van der Waals surface area contributed by atoms with E-state index in [2.05, 4.69) is 11.0 Å². The van der Waals surface area contributed by atoms with Crippen LogP contribution in [0.25, 0.3) is 10.2 Å². The van der Waals surface area contributed by atoms with Gasteiger partial charge in [-0.1, -0.05) is 17.4 Å². The molecular weight excluding hydrogens is 314 g/mol. The summed E-state index contributed by atoms with van der Waals surface area (Å²) in [4.78, 5) is 20.5. The van der Waals surface area contributed by atoms with Crippen molar-refractivity contribution in [3.05, 3.63) is 18.2 Å². The van der Waals surface area contributed by atoms with Crippen LogP contribution in [0.1, 0.15) is 13.8 Å². The lowest BCUT2D eigenvalue weighted by Gasteiger charge is -2.33. The second-order valence-corrected chi connectivity index (χ2v) is 6.21. The molecule has 1 fully saturated rings. The van der Waals surface area contributed by atoms with E-state index in [1.54, 1.807) is 16.2 Å². The number of nitrogens with zero attached hydrogens (tertiary/aromatic N) is 3. The number of benzene rings is 1. The number of hydrogen-bond acceptors (Lipinski definition) is 6. The van der Waals surface area contributed by atoms with Crippen molar-refractivity contribution in [1.29, 1.82) is 0 Å². The van der Waals surface area contributed by atoms with Crippen LogP contribution in [0.2, 0.25) is 0 Å². The van der Waals surface area contributed by atoms with Crippen molar-refractivity contribution in [2.24, 2.45) is 0 Å². The van der Waals surface area contributed by atoms with Gasteiger partial charge in [-0.25, -0.2) is 9.78 Å². The number of piperazine rings is 1. The van der Waals surface area contributed by atoms with Crippen LogP contribution in [-0.4, -0.2) is 55.4 Å². The van der Waals surface area contributed by atoms with Crippen molar-refractivity contribution in [1.82, 2.24) is 9.88 Å². The van der Waals surface area contributed by atoms with Gasteiger partial charge in [0.25, 0.3) is 0 Å². The van der Waals surface area contributed by atoms with Gasteiger partial charge in [-0.2, -0.15) is 0 Å². The van der Waals surface area contributed by atoms with Crippen LogP contribution in [0.5, 0.6) is 5.75 Å². The summed E-state index contributed by atoms with van der Waals surface area (Å²) in [5.74, 6) is 0.831. The zero-order chi connectivity index (χ0) is 16.2. The molecule has 0 spiro atoms. The number of fused-ring (bicyclic) bond motifs is 1. The SMILES string of the molecule is CCOC(=O)N1CCN(c2nc3c(OCC)cccc3s2)CC1. The van der Waals surface area contributed by atoms with Crippen LogP contribution in [-0.2, 0) is 4.74 Å². The van der Waals surface area contributed by atoms with Gasteiger partial charge in [0.2, 0.25) is 0 Å². The number of aromatic nitrogens is 1. The third kappa shape index (κ3) is 3.34. The summed E-state index contributed by atoms with van der Waals surface area (Å²) < 4.78 is 11.8. The fourth-order valence-electron chi connectivity index (χ4n) is 2.61. The number of rotatable bonds is 4. The molecule has 23 heavy (non-hydrogen) atoms. The highest BCUT2D eigenvalue weighted by Gasteiger charge is 2.24. The molecule has 0 atom stereocenters. The van der Waals surface area contributed by atoms with Gasteiger partial charge in [0.1, 0.15) is 11.3 Å². The van der Waals surface area contributed by atoms with Gasteiger partial charge in [0.15, 0.2) is 5.13 Å². The van der Waals surface area contributed by atoms with Crippen molar-refractivity contribution in [2.45, 2.75) is 13.8 Å². The third-order valence-electron chi connectivity index (χ3n) is 3.75. The summed E-state index contributed by atoms with van der Waals surface area (Å²) in [7, 11) is 0. The number of carbonyl (C=O) groups is 1. The molecule has 1 aromatic heterocycles. The summed E-state index contributed by atoms with van der Waals surface area (Å²) >= 11 is 1.66. The van der Waals surface area contributed by atoms with Crippen LogP contribution in [0, 0.1) is 0 Å². The number of carbonyl (C=O) groups excluding carboxylic acids is 1. The summed E-state index contributed by atoms with van der Waals surface area (Å²) in [6.45, 7) is 7.69. The molecule has 1 amide bonds. The van der Waals surface area contributed by atoms with E-state index in [9.17, 15) is 4.79 Å². The maximum absolute atomic E-state index is 11.8. The van der Waals surface area contributed by atoms with Gasteiger partial charge in [-0.05, 0) is 26.0 Å². The number of anilines is 1. The van der Waals surface area contributed by atoms with E-state index in [1.807, 2.05) is 26.0 Å². The molecule has 0 radical (unpaired) electrons. The molecule has 0 bridgehead atoms. The molecule has 0 unspecified atom stereocenters. The first kappa shape index (κ1) is 15.9. The maximum Gasteiger partial charge on any atom is 0.409 e. The Bertz CT molecular complexity index is 680. The van der Waals surface area contributed by atoms with E-state index in [-0.39, 0.29) is 6.09 Å². The molecular formula is C16H21N3O3S. The zero-order valence-corrected chi connectivity index (χ0v) is 14.3. The van der Waals surface area contributed by atoms with E-state index >= 15 is 0 Å². The zero-order valence-electron chi connectivity index (χ0n) is 13.4. The molecule has 0 aliphatic carbocycles. The molecule has 0 saturated carbocycles. The highest BCUT2D eigenvalue weighted by Crippen LogP contribution is 2.34. The molecule has 6 nitrogen and oxygen atoms in total. The number of hydrogen-bond donors (Lipinski definition) is 0. The predicted molar refractivity (Wildman–Crippen MR) is 91.6 cm³/mol. The molecule has 124 valence electrons. The van der Waals surface area contributed by atoms with Crippen molar-refractivity contribution < 1.29 is 14.3 Å². The Labute approximate surface area is 139 Å². The Morgan fingerprint density at radius 1 is 1.22 bits per heavy atom. The Morgan fingerprint density at radius 3 is 2.70 bits per heavy atom. The summed E-state index contributed by atoms with van der Waals surface area (Å²) in [5, 5.41) is 0.982. The van der Waals surface area contributed by atoms with Gasteiger partial charge in [0, 0.05) is 26.2 Å². The van der Waals surface area contributed by atoms with Crippen LogP contribution in [0.4, 0.5) is 9.93 Å². The lowest BCUT2D eigenvalue weighted by atomic mass is 10.3. The Balaban J connectivity index is 1.72. The maximum atomic E-state index is 11.8. The van der Waals surface area contributed by atoms with Crippen molar-refractivity contribution >= 4 is 32.8 Å². The topological polar surface area (TPSA) is 54.9 Å². The molecule has 7 heteroatoms. The second-order valence-electron chi connectivity index (χ2n) is 5.21. The highest BCUT2D eigenvalue weighted by atomic mass is 32.1. The highest BCUT2D eigenvalue weighted by molar-refractivity contribution is 7.22. The van der Waals surface area contributed by atoms with E-state index in [1.165, 1.54) is 0 Å². The number of amides is 1. The third-order valence-corrected chi connectivity index (χ3v) is 4.83. The van der Waals surface area contributed by atoms with Gasteiger partial charge in [-0.3, -0.25) is 0 Å². The molecule has 1 aliphatic heterocycles. The number of ether oxygens (including phenoxy) is 2. The molecule has 2 aromatic rings. The number of thiazole rings is 1. The minimum atomic E-state index is -0.227. The van der Waals surface area contributed by atoms with Gasteiger partial charge in [0.05, 0.1) is 17.9 Å². The summed E-state index contributed by atoms with van der Waals surface area (Å²) in [6.07, 6.45) is -0.227. The lowest BCUT2D eigenvalue weighted by Crippen LogP contribution is -2.48. The standard InChI is InChI=1S/C16H21N3O3S/c1-3-21-12-6-5-7-13-14(12)17-15(23-13)18-8-10-19(11-9-18)16(20)22-4-2/h5-7H,3-4,8-11H2,1-2H3. The minimum Gasteiger partial charge on any atom is -0.492 e. The van der Waals surface area contributed by atoms with Crippen molar-refractivity contribution in [3.63, 3.8) is 0 Å².